The second kappa shape index (κ2) is 39.3. The summed E-state index contributed by atoms with van der Waals surface area (Å²) in [7, 11) is 3.41. The maximum absolute atomic E-state index is 6.77. The smallest absolute Gasteiger partial charge is 0.118 e. The molecule has 2 unspecified atom stereocenters. The van der Waals surface area contributed by atoms with Crippen LogP contribution in [0, 0.1) is 0 Å². The van der Waals surface area contributed by atoms with Crippen LogP contribution in [0.1, 0.15) is 185 Å². The number of unbranched alkanes of at least 4 members (excludes halogenated alkanes) is 18. The highest BCUT2D eigenvalue weighted by molar-refractivity contribution is 5.64. The van der Waals surface area contributed by atoms with Crippen molar-refractivity contribution in [3.05, 3.63) is 133 Å². The lowest BCUT2D eigenvalue weighted by Crippen LogP contribution is -2.30. The van der Waals surface area contributed by atoms with Gasteiger partial charge in [-0.05, 0) is 124 Å². The maximum atomic E-state index is 6.77. The van der Waals surface area contributed by atoms with Gasteiger partial charge in [0.1, 0.15) is 23.7 Å². The fourth-order valence-corrected chi connectivity index (χ4v) is 7.93. The topological polar surface area (TPSA) is 46.2 Å². The van der Waals surface area contributed by atoms with Crippen molar-refractivity contribution in [1.29, 1.82) is 0 Å². The van der Waals surface area contributed by atoms with Crippen LogP contribution in [0.5, 0.6) is 11.5 Å². The number of ether oxygens (including phenoxy) is 5. The molecule has 5 nitrogen and oxygen atoms in total. The van der Waals surface area contributed by atoms with E-state index in [9.17, 15) is 0 Å². The molecule has 0 saturated carbocycles. The van der Waals surface area contributed by atoms with Crippen LogP contribution in [0.4, 0.5) is 0 Å². The minimum atomic E-state index is -0.235. The highest BCUT2D eigenvalue weighted by Gasteiger charge is 2.26. The van der Waals surface area contributed by atoms with Gasteiger partial charge in [0.25, 0.3) is 0 Å². The zero-order valence-electron chi connectivity index (χ0n) is 41.5. The van der Waals surface area contributed by atoms with Crippen molar-refractivity contribution in [2.24, 2.45) is 0 Å². The van der Waals surface area contributed by atoms with Gasteiger partial charge in [-0.15, -0.1) is 0 Å². The highest BCUT2D eigenvalue weighted by Crippen LogP contribution is 2.28. The van der Waals surface area contributed by atoms with Crippen LogP contribution in [0.25, 0.3) is 11.1 Å². The summed E-state index contributed by atoms with van der Waals surface area (Å²) in [5.41, 5.74) is 4.56. The zero-order chi connectivity index (χ0) is 46.1. The Morgan fingerprint density at radius 3 is 1.28 bits per heavy atom. The van der Waals surface area contributed by atoms with Crippen molar-refractivity contribution in [2.75, 3.05) is 34.0 Å². The molecule has 0 saturated heterocycles. The van der Waals surface area contributed by atoms with Crippen LogP contribution in [-0.4, -0.2) is 40.1 Å². The lowest BCUT2D eigenvalue weighted by Gasteiger charge is -2.28. The van der Waals surface area contributed by atoms with E-state index in [4.69, 9.17) is 23.7 Å². The summed E-state index contributed by atoms with van der Waals surface area (Å²) in [6, 6.07) is 25.1. The third-order valence-corrected chi connectivity index (χ3v) is 12.0. The molecular weight excluding hydrogens is 801 g/mol. The van der Waals surface area contributed by atoms with Gasteiger partial charge in [-0.3, -0.25) is 0 Å². The first-order chi connectivity index (χ1) is 32.2. The number of benzene rings is 3. The highest BCUT2D eigenvalue weighted by atomic mass is 16.6. The number of rotatable bonds is 41. The molecule has 0 aliphatic heterocycles. The number of hydrogen-bond acceptors (Lipinski definition) is 5. The Hall–Kier alpha value is -3.90. The predicted octanol–water partition coefficient (Wildman–Crippen LogP) is 17.7. The van der Waals surface area contributed by atoms with Crippen LogP contribution in [-0.2, 0) is 20.8 Å². The van der Waals surface area contributed by atoms with E-state index in [0.717, 1.165) is 53.9 Å². The van der Waals surface area contributed by atoms with Crippen molar-refractivity contribution >= 4 is 0 Å². The quantitative estimate of drug-likeness (QED) is 0.0419. The van der Waals surface area contributed by atoms with E-state index in [1.165, 1.54) is 134 Å². The molecule has 3 aromatic rings. The van der Waals surface area contributed by atoms with Crippen LogP contribution >= 0.6 is 0 Å². The van der Waals surface area contributed by atoms with Crippen LogP contribution in [0.3, 0.4) is 0 Å². The molecule has 0 aliphatic carbocycles. The molecule has 2 atom stereocenters. The summed E-state index contributed by atoms with van der Waals surface area (Å²) in [5, 5.41) is 0. The predicted molar refractivity (Wildman–Crippen MR) is 278 cm³/mol. The Balaban J connectivity index is 1.48. The Bertz CT molecular complexity index is 1640. The molecule has 0 bridgehead atoms. The SMILES string of the molecule is CCCCC/C=C\C/C=C\CCCCCCCCOC(COCc1ccc(-c2ccc(OC)cc2)cc1)C(OCCCCCCCC/C=C\C/C=C\CCCCC)c1ccc(OC)cc1. The fourth-order valence-electron chi connectivity index (χ4n) is 7.93. The van der Waals surface area contributed by atoms with Gasteiger partial charge in [0.2, 0.25) is 0 Å². The van der Waals surface area contributed by atoms with Gasteiger partial charge in [-0.25, -0.2) is 0 Å². The van der Waals surface area contributed by atoms with E-state index in [2.05, 4.69) is 111 Å². The van der Waals surface area contributed by atoms with E-state index in [-0.39, 0.29) is 12.2 Å². The third-order valence-electron chi connectivity index (χ3n) is 12.0. The fraction of sp³-hybridized carbons (Fsp3) is 0.567. The van der Waals surface area contributed by atoms with Gasteiger partial charge >= 0.3 is 0 Å². The van der Waals surface area contributed by atoms with Crippen molar-refractivity contribution in [2.45, 2.75) is 187 Å². The Kier molecular flexibility index (Phi) is 33.5. The molecule has 0 spiro atoms. The average Bonchev–Trinajstić information content (AvgIpc) is 3.34. The Morgan fingerprint density at radius 2 is 0.815 bits per heavy atom. The number of methoxy groups -OCH3 is 2. The second-order valence-electron chi connectivity index (χ2n) is 17.6. The van der Waals surface area contributed by atoms with Crippen LogP contribution in [0.2, 0.25) is 0 Å². The van der Waals surface area contributed by atoms with E-state index >= 15 is 0 Å². The molecule has 0 aliphatic rings. The lowest BCUT2D eigenvalue weighted by atomic mass is 10.0. The second-order valence-corrected chi connectivity index (χ2v) is 17.6. The van der Waals surface area contributed by atoms with Crippen LogP contribution < -0.4 is 9.47 Å². The maximum Gasteiger partial charge on any atom is 0.118 e. The summed E-state index contributed by atoms with van der Waals surface area (Å²) in [4.78, 5) is 0. The van der Waals surface area contributed by atoms with E-state index in [0.29, 0.717) is 26.4 Å². The molecular formula is C60H90O5. The molecule has 0 radical (unpaired) electrons. The summed E-state index contributed by atoms with van der Waals surface area (Å²) >= 11 is 0. The molecule has 360 valence electrons. The van der Waals surface area contributed by atoms with Crippen molar-refractivity contribution in [3.8, 4) is 22.6 Å². The van der Waals surface area contributed by atoms with E-state index < -0.39 is 0 Å². The molecule has 0 amide bonds. The van der Waals surface area contributed by atoms with E-state index in [1.807, 2.05) is 24.3 Å². The largest absolute Gasteiger partial charge is 0.497 e. The molecule has 0 fully saturated rings. The normalized spacial score (nSPS) is 12.9. The zero-order valence-corrected chi connectivity index (χ0v) is 41.5. The average molecular weight is 891 g/mol. The summed E-state index contributed by atoms with van der Waals surface area (Å²) in [6.07, 6.45) is 47.7. The van der Waals surface area contributed by atoms with E-state index in [1.54, 1.807) is 14.2 Å². The first-order valence-electron chi connectivity index (χ1n) is 26.0. The standard InChI is InChI=1S/C60H90O5/c1-5-7-9-11-13-15-17-19-21-23-25-27-29-31-33-35-49-64-59(52-63-51-53-37-39-54(40-38-53)55-41-45-57(61-3)46-42-55)60(56-43-47-58(62-4)48-44-56)65-50-36-34-32-30-28-26-24-22-20-18-16-14-12-10-8-6-2/h13-16,19-22,37-48,59-60H,5-12,17-18,23-36,49-52H2,1-4H3/b15-13-,16-14-,21-19-,22-20-. The van der Waals surface area contributed by atoms with Crippen molar-refractivity contribution < 1.29 is 23.7 Å². The van der Waals surface area contributed by atoms with Crippen LogP contribution in [0.15, 0.2) is 121 Å². The van der Waals surface area contributed by atoms with Gasteiger partial charge in [-0.1, -0.05) is 188 Å². The van der Waals surface area contributed by atoms with Gasteiger partial charge < -0.3 is 23.7 Å². The molecule has 0 N–H and O–H groups in total. The van der Waals surface area contributed by atoms with Gasteiger partial charge in [0.15, 0.2) is 0 Å². The van der Waals surface area contributed by atoms with Crippen molar-refractivity contribution in [3.63, 3.8) is 0 Å². The third kappa shape index (κ3) is 27.4. The van der Waals surface area contributed by atoms with Gasteiger partial charge in [-0.2, -0.15) is 0 Å². The number of hydrogen-bond donors (Lipinski definition) is 0. The van der Waals surface area contributed by atoms with Gasteiger partial charge in [0, 0.05) is 13.2 Å². The molecule has 3 rings (SSSR count). The first-order valence-corrected chi connectivity index (χ1v) is 26.0. The molecule has 0 heterocycles. The van der Waals surface area contributed by atoms with Crippen molar-refractivity contribution in [1.82, 2.24) is 0 Å². The Labute approximate surface area is 398 Å². The summed E-state index contributed by atoms with van der Waals surface area (Å²) in [6.45, 7) is 6.87. The lowest BCUT2D eigenvalue weighted by molar-refractivity contribution is -0.110. The first kappa shape index (κ1) is 55.4. The Morgan fingerprint density at radius 1 is 0.415 bits per heavy atom. The van der Waals surface area contributed by atoms with Gasteiger partial charge in [0.05, 0.1) is 27.4 Å². The molecule has 0 aromatic heterocycles. The molecule has 3 aromatic carbocycles. The minimum absolute atomic E-state index is 0.232. The number of allylic oxidation sites excluding steroid dienone is 8. The monoisotopic (exact) mass is 891 g/mol. The molecule has 65 heavy (non-hydrogen) atoms. The molecule has 5 heteroatoms. The minimum Gasteiger partial charge on any atom is -0.497 e. The summed E-state index contributed by atoms with van der Waals surface area (Å²) in [5.74, 6) is 1.70. The summed E-state index contributed by atoms with van der Waals surface area (Å²) < 4.78 is 30.8.